The molecule has 0 N–H and O–H groups in total. The monoisotopic (exact) mass is 365 g/mol. The highest BCUT2D eigenvalue weighted by atomic mass is 35.5. The summed E-state index contributed by atoms with van der Waals surface area (Å²) >= 11 is 7.43. The minimum absolute atomic E-state index is 0.000798. The summed E-state index contributed by atoms with van der Waals surface area (Å²) < 4.78 is 0. The Morgan fingerprint density at radius 2 is 2.00 bits per heavy atom. The second-order valence-corrected chi connectivity index (χ2v) is 6.98. The van der Waals surface area contributed by atoms with Crippen molar-refractivity contribution in [1.82, 2.24) is 4.90 Å². The number of anilines is 1. The van der Waals surface area contributed by atoms with E-state index in [-0.39, 0.29) is 11.6 Å². The molecule has 126 valence electrons. The summed E-state index contributed by atoms with van der Waals surface area (Å²) in [6.07, 6.45) is 0.415. The molecule has 0 spiro atoms. The van der Waals surface area contributed by atoms with E-state index in [0.717, 1.165) is 4.88 Å². The highest BCUT2D eigenvalue weighted by Gasteiger charge is 2.26. The Hall–Kier alpha value is -2.12. The Balaban J connectivity index is 1.65. The third kappa shape index (κ3) is 3.68. The lowest BCUT2D eigenvalue weighted by Gasteiger charge is -2.35. The van der Waals surface area contributed by atoms with Gasteiger partial charge < -0.3 is 9.80 Å². The lowest BCUT2D eigenvalue weighted by Crippen LogP contribution is -2.49. The highest BCUT2D eigenvalue weighted by Crippen LogP contribution is 2.31. The van der Waals surface area contributed by atoms with E-state index in [2.05, 4.69) is 0 Å². The van der Waals surface area contributed by atoms with Gasteiger partial charge in [-0.25, -0.2) is 0 Å². The second kappa shape index (κ2) is 7.19. The van der Waals surface area contributed by atoms with Crippen LogP contribution in [-0.4, -0.2) is 41.9 Å². The lowest BCUT2D eigenvalue weighted by molar-refractivity contribution is -0.384. The number of thiophene rings is 1. The zero-order valence-electron chi connectivity index (χ0n) is 12.9. The Labute approximate surface area is 148 Å². The number of hydrogen-bond acceptors (Lipinski definition) is 5. The van der Waals surface area contributed by atoms with Crippen molar-refractivity contribution >= 4 is 40.2 Å². The summed E-state index contributed by atoms with van der Waals surface area (Å²) in [5, 5.41) is 13.5. The molecule has 1 aromatic carbocycles. The number of piperazine rings is 1. The first kappa shape index (κ1) is 16.7. The molecular weight excluding hydrogens is 350 g/mol. The van der Waals surface area contributed by atoms with Gasteiger partial charge in [0.2, 0.25) is 5.91 Å². The van der Waals surface area contributed by atoms with E-state index >= 15 is 0 Å². The Morgan fingerprint density at radius 3 is 2.62 bits per heavy atom. The van der Waals surface area contributed by atoms with Crippen LogP contribution in [0.4, 0.5) is 11.4 Å². The van der Waals surface area contributed by atoms with Crippen molar-refractivity contribution in [3.63, 3.8) is 0 Å². The van der Waals surface area contributed by atoms with Gasteiger partial charge in [-0.05, 0) is 23.6 Å². The molecule has 1 fully saturated rings. The van der Waals surface area contributed by atoms with Crippen molar-refractivity contribution in [1.29, 1.82) is 0 Å². The molecule has 1 saturated heterocycles. The molecule has 3 rings (SSSR count). The fourth-order valence-electron chi connectivity index (χ4n) is 2.78. The van der Waals surface area contributed by atoms with Gasteiger partial charge >= 0.3 is 0 Å². The van der Waals surface area contributed by atoms with Crippen LogP contribution in [-0.2, 0) is 11.2 Å². The lowest BCUT2D eigenvalue weighted by atomic mass is 10.2. The molecule has 6 nitrogen and oxygen atoms in total. The van der Waals surface area contributed by atoms with Gasteiger partial charge in [-0.3, -0.25) is 14.9 Å². The van der Waals surface area contributed by atoms with E-state index in [1.807, 2.05) is 27.3 Å². The van der Waals surface area contributed by atoms with Crippen molar-refractivity contribution in [2.45, 2.75) is 6.42 Å². The second-order valence-electron chi connectivity index (χ2n) is 5.51. The van der Waals surface area contributed by atoms with Gasteiger partial charge in [-0.15, -0.1) is 11.3 Å². The number of amides is 1. The van der Waals surface area contributed by atoms with Crippen LogP contribution in [0.25, 0.3) is 0 Å². The summed E-state index contributed by atoms with van der Waals surface area (Å²) in [5.74, 6) is 0.0997. The van der Waals surface area contributed by atoms with E-state index in [0.29, 0.717) is 43.3 Å². The van der Waals surface area contributed by atoms with E-state index in [1.54, 1.807) is 23.5 Å². The smallest absolute Gasteiger partial charge is 0.294 e. The van der Waals surface area contributed by atoms with E-state index in [9.17, 15) is 14.9 Å². The molecule has 24 heavy (non-hydrogen) atoms. The fourth-order valence-corrected chi connectivity index (χ4v) is 3.64. The van der Waals surface area contributed by atoms with E-state index in [1.165, 1.54) is 6.07 Å². The van der Waals surface area contributed by atoms with Crippen LogP contribution in [0, 0.1) is 10.1 Å². The largest absolute Gasteiger partial charge is 0.362 e. The predicted octanol–water partition coefficient (Wildman–Crippen LogP) is 3.20. The average Bonchev–Trinajstić information content (AvgIpc) is 3.08. The van der Waals surface area contributed by atoms with Crippen molar-refractivity contribution in [2.24, 2.45) is 0 Å². The molecule has 8 heteroatoms. The van der Waals surface area contributed by atoms with Crippen LogP contribution in [0.15, 0.2) is 35.7 Å². The number of carbonyl (C=O) groups excluding carboxylic acids is 1. The fraction of sp³-hybridized carbons (Fsp3) is 0.312. The molecule has 2 heterocycles. The first-order valence-corrected chi connectivity index (χ1v) is 8.79. The van der Waals surface area contributed by atoms with Crippen LogP contribution < -0.4 is 4.90 Å². The van der Waals surface area contributed by atoms with Gasteiger partial charge in [0.25, 0.3) is 5.69 Å². The zero-order valence-corrected chi connectivity index (χ0v) is 14.4. The highest BCUT2D eigenvalue weighted by molar-refractivity contribution is 7.10. The molecule has 1 amide bonds. The number of nitro groups is 1. The van der Waals surface area contributed by atoms with Crippen molar-refractivity contribution in [3.05, 3.63) is 55.7 Å². The summed E-state index contributed by atoms with van der Waals surface area (Å²) in [5.41, 5.74) is 0.551. The third-order valence-corrected chi connectivity index (χ3v) is 5.12. The number of rotatable bonds is 4. The first-order chi connectivity index (χ1) is 11.5. The first-order valence-electron chi connectivity index (χ1n) is 7.53. The van der Waals surface area contributed by atoms with Crippen LogP contribution in [0.1, 0.15) is 4.88 Å². The molecule has 0 aliphatic carbocycles. The van der Waals surface area contributed by atoms with Gasteiger partial charge in [0.1, 0.15) is 5.69 Å². The molecule has 0 radical (unpaired) electrons. The maximum atomic E-state index is 12.3. The molecule has 1 aromatic heterocycles. The molecule has 1 aliphatic rings. The quantitative estimate of drug-likeness (QED) is 0.616. The zero-order chi connectivity index (χ0) is 17.1. The molecule has 0 atom stereocenters. The minimum Gasteiger partial charge on any atom is -0.362 e. The van der Waals surface area contributed by atoms with Gasteiger partial charge in [0.05, 0.1) is 11.3 Å². The van der Waals surface area contributed by atoms with Crippen molar-refractivity contribution in [2.75, 3.05) is 31.1 Å². The number of halogens is 1. The third-order valence-electron chi connectivity index (χ3n) is 4.01. The predicted molar refractivity (Wildman–Crippen MR) is 94.9 cm³/mol. The molecule has 0 saturated carbocycles. The Morgan fingerprint density at radius 1 is 1.25 bits per heavy atom. The number of nitro benzene ring substituents is 1. The Kier molecular flexibility index (Phi) is 5.01. The molecule has 0 unspecified atom stereocenters. The number of nitrogens with zero attached hydrogens (tertiary/aromatic N) is 3. The maximum absolute atomic E-state index is 12.3. The van der Waals surface area contributed by atoms with Crippen LogP contribution in [0.3, 0.4) is 0 Å². The van der Waals surface area contributed by atoms with E-state index < -0.39 is 4.92 Å². The van der Waals surface area contributed by atoms with Crippen LogP contribution in [0.2, 0.25) is 5.02 Å². The summed E-state index contributed by atoms with van der Waals surface area (Å²) in [6.45, 7) is 2.26. The number of benzene rings is 1. The van der Waals surface area contributed by atoms with Gasteiger partial charge in [0, 0.05) is 42.1 Å². The van der Waals surface area contributed by atoms with Gasteiger partial charge in [-0.1, -0.05) is 17.7 Å². The normalized spacial score (nSPS) is 14.7. The van der Waals surface area contributed by atoms with Crippen LogP contribution >= 0.6 is 22.9 Å². The summed E-state index contributed by atoms with van der Waals surface area (Å²) in [4.78, 5) is 27.9. The molecule has 0 bridgehead atoms. The SMILES string of the molecule is O=C(Cc1cccs1)N1CCN(c2ccc(Cl)cc2[N+](=O)[O-])CC1. The number of hydrogen-bond donors (Lipinski definition) is 0. The van der Waals surface area contributed by atoms with Gasteiger partial charge in [0.15, 0.2) is 0 Å². The molecule has 2 aromatic rings. The number of carbonyl (C=O) groups is 1. The summed E-state index contributed by atoms with van der Waals surface area (Å²) in [6, 6.07) is 8.58. The van der Waals surface area contributed by atoms with Crippen molar-refractivity contribution in [3.8, 4) is 0 Å². The Bertz CT molecular complexity index is 743. The van der Waals surface area contributed by atoms with Gasteiger partial charge in [-0.2, -0.15) is 0 Å². The topological polar surface area (TPSA) is 66.7 Å². The minimum atomic E-state index is -0.421. The molecule has 1 aliphatic heterocycles. The molecular formula is C16H16ClN3O3S. The van der Waals surface area contributed by atoms with Crippen molar-refractivity contribution < 1.29 is 9.72 Å². The average molecular weight is 366 g/mol. The maximum Gasteiger partial charge on any atom is 0.294 e. The standard InChI is InChI=1S/C16H16ClN3O3S/c17-12-3-4-14(15(10-12)20(22)23)18-5-7-19(8-6-18)16(21)11-13-2-1-9-24-13/h1-4,9-10H,5-8,11H2. The summed E-state index contributed by atoms with van der Waals surface area (Å²) in [7, 11) is 0. The van der Waals surface area contributed by atoms with Crippen LogP contribution in [0.5, 0.6) is 0 Å². The van der Waals surface area contributed by atoms with E-state index in [4.69, 9.17) is 11.6 Å².